The summed E-state index contributed by atoms with van der Waals surface area (Å²) in [6, 6.07) is 25.9. The number of hydrogen-bond acceptors (Lipinski definition) is 9. The molecule has 0 aliphatic heterocycles. The molecule has 0 unspecified atom stereocenters. The molecular formula is C42H49N3O7. The highest BCUT2D eigenvalue weighted by Crippen LogP contribution is 2.41. The van der Waals surface area contributed by atoms with Gasteiger partial charge in [-0.25, -0.2) is 4.98 Å². The molecule has 274 valence electrons. The Labute approximate surface area is 306 Å². The van der Waals surface area contributed by atoms with Crippen molar-refractivity contribution in [2.24, 2.45) is 5.73 Å². The van der Waals surface area contributed by atoms with Crippen LogP contribution < -0.4 is 24.7 Å². The molecule has 0 atom stereocenters. The van der Waals surface area contributed by atoms with Gasteiger partial charge in [-0.2, -0.15) is 0 Å². The molecule has 0 fully saturated rings. The molecular weight excluding hydrogens is 658 g/mol. The Hall–Kier alpha value is -5.16. The lowest BCUT2D eigenvalue weighted by Gasteiger charge is -2.16. The molecule has 52 heavy (non-hydrogen) atoms. The number of hydrogen-bond donors (Lipinski definition) is 1. The zero-order valence-corrected chi connectivity index (χ0v) is 31.0. The van der Waals surface area contributed by atoms with Crippen LogP contribution >= 0.6 is 0 Å². The van der Waals surface area contributed by atoms with Gasteiger partial charge in [0.15, 0.2) is 5.78 Å². The number of aryl methyl sites for hydroxylation is 2. The number of carbonyl (C=O) groups excluding carboxylic acids is 1. The van der Waals surface area contributed by atoms with Crippen LogP contribution in [0.4, 0.5) is 0 Å². The van der Waals surface area contributed by atoms with E-state index in [2.05, 4.69) is 22.8 Å². The van der Waals surface area contributed by atoms with Crippen LogP contribution in [0.25, 0.3) is 33.9 Å². The van der Waals surface area contributed by atoms with Crippen molar-refractivity contribution in [3.8, 4) is 56.9 Å². The standard InChI is InChI=1S/C42H49N3O7/c1-28-22-32(13-15-38(28)49-5)40-41(33-14-16-39(50-6)29(2)23-33)45(42(44-40)34-24-35(47-3)26-36(25-34)48-4)27-30-9-11-31(12-10-30)37(46)8-7-18-51-20-21-52-19-17-43/h9-16,22-26H,7-8,17-21,27,43H2,1-6H3. The first-order chi connectivity index (χ1) is 25.3. The minimum atomic E-state index is 0.0767. The third-order valence-corrected chi connectivity index (χ3v) is 8.86. The van der Waals surface area contributed by atoms with Gasteiger partial charge in [-0.3, -0.25) is 4.79 Å². The molecule has 0 bridgehead atoms. The Morgan fingerprint density at radius 2 is 1.27 bits per heavy atom. The molecule has 0 spiro atoms. The lowest BCUT2D eigenvalue weighted by Crippen LogP contribution is -2.12. The van der Waals surface area contributed by atoms with Gasteiger partial charge in [0.25, 0.3) is 0 Å². The predicted octanol–water partition coefficient (Wildman–Crippen LogP) is 7.54. The average molecular weight is 708 g/mol. The Morgan fingerprint density at radius 1 is 0.673 bits per heavy atom. The second kappa shape index (κ2) is 18.4. The maximum Gasteiger partial charge on any atom is 0.162 e. The summed E-state index contributed by atoms with van der Waals surface area (Å²) in [5.74, 6) is 3.72. The van der Waals surface area contributed by atoms with E-state index in [0.29, 0.717) is 69.4 Å². The number of rotatable bonds is 19. The van der Waals surface area contributed by atoms with E-state index in [0.717, 1.165) is 62.1 Å². The fraction of sp³-hybridized carbons (Fsp3) is 0.333. The normalized spacial score (nSPS) is 11.1. The molecule has 0 saturated heterocycles. The van der Waals surface area contributed by atoms with E-state index >= 15 is 0 Å². The third kappa shape index (κ3) is 9.19. The SMILES string of the molecule is COc1cc(OC)cc(-c2nc(-c3ccc(OC)c(C)c3)c(-c3ccc(OC)c(C)c3)n2Cc2ccc(C(=O)CCCOCCOCCN)cc2)c1. The number of Topliss-reactive ketones (excluding diaryl/α,β-unsaturated/α-hetero) is 1. The van der Waals surface area contributed by atoms with Gasteiger partial charge in [0, 0.05) is 54.4 Å². The van der Waals surface area contributed by atoms with E-state index in [-0.39, 0.29) is 5.78 Å². The van der Waals surface area contributed by atoms with Crippen LogP contribution in [-0.4, -0.2) is 76.7 Å². The van der Waals surface area contributed by atoms with Gasteiger partial charge in [-0.05, 0) is 85.5 Å². The zero-order chi connectivity index (χ0) is 37.0. The number of ether oxygens (including phenoxy) is 6. The van der Waals surface area contributed by atoms with Crippen molar-refractivity contribution >= 4 is 5.78 Å². The third-order valence-electron chi connectivity index (χ3n) is 8.86. The molecule has 1 heterocycles. The number of ketones is 1. The van der Waals surface area contributed by atoms with Gasteiger partial charge < -0.3 is 38.7 Å². The van der Waals surface area contributed by atoms with Crippen LogP contribution in [0.5, 0.6) is 23.0 Å². The number of aromatic nitrogens is 2. The summed E-state index contributed by atoms with van der Waals surface area (Å²) < 4.78 is 35.7. The smallest absolute Gasteiger partial charge is 0.162 e. The van der Waals surface area contributed by atoms with Crippen LogP contribution in [0.2, 0.25) is 0 Å². The van der Waals surface area contributed by atoms with Crippen molar-refractivity contribution in [3.05, 3.63) is 101 Å². The van der Waals surface area contributed by atoms with Gasteiger partial charge in [0.1, 0.15) is 28.8 Å². The summed E-state index contributed by atoms with van der Waals surface area (Å²) in [5.41, 5.74) is 13.6. The van der Waals surface area contributed by atoms with Crippen molar-refractivity contribution in [1.82, 2.24) is 9.55 Å². The molecule has 0 saturated carbocycles. The first-order valence-electron chi connectivity index (χ1n) is 17.4. The van der Waals surface area contributed by atoms with Crippen molar-refractivity contribution in [2.45, 2.75) is 33.2 Å². The number of nitrogens with two attached hydrogens (primary N) is 1. The molecule has 2 N–H and O–H groups in total. The lowest BCUT2D eigenvalue weighted by atomic mass is 10.0. The Balaban J connectivity index is 1.55. The number of benzene rings is 4. The molecule has 0 aliphatic carbocycles. The maximum atomic E-state index is 13.1. The maximum absolute atomic E-state index is 13.1. The number of carbonyl (C=O) groups is 1. The highest BCUT2D eigenvalue weighted by molar-refractivity contribution is 5.96. The highest BCUT2D eigenvalue weighted by atomic mass is 16.5. The largest absolute Gasteiger partial charge is 0.497 e. The molecule has 0 radical (unpaired) electrons. The minimum absolute atomic E-state index is 0.0767. The molecule has 4 aromatic carbocycles. The quantitative estimate of drug-likeness (QED) is 0.0687. The molecule has 0 aliphatic rings. The summed E-state index contributed by atoms with van der Waals surface area (Å²) in [5, 5.41) is 0. The molecule has 10 nitrogen and oxygen atoms in total. The van der Waals surface area contributed by atoms with Crippen molar-refractivity contribution in [1.29, 1.82) is 0 Å². The zero-order valence-electron chi connectivity index (χ0n) is 31.0. The van der Waals surface area contributed by atoms with E-state index in [9.17, 15) is 4.79 Å². The van der Waals surface area contributed by atoms with E-state index in [1.165, 1.54) is 0 Å². The first-order valence-corrected chi connectivity index (χ1v) is 17.4. The fourth-order valence-electron chi connectivity index (χ4n) is 6.17. The molecule has 0 amide bonds. The van der Waals surface area contributed by atoms with Gasteiger partial charge >= 0.3 is 0 Å². The number of imidazole rings is 1. The Morgan fingerprint density at radius 3 is 1.85 bits per heavy atom. The summed E-state index contributed by atoms with van der Waals surface area (Å²) >= 11 is 0. The first kappa shape index (κ1) is 38.1. The number of methoxy groups -OCH3 is 4. The summed E-state index contributed by atoms with van der Waals surface area (Å²) in [4.78, 5) is 18.4. The van der Waals surface area contributed by atoms with E-state index in [4.69, 9.17) is 39.1 Å². The van der Waals surface area contributed by atoms with Crippen LogP contribution in [-0.2, 0) is 16.0 Å². The van der Waals surface area contributed by atoms with Gasteiger partial charge in [0.2, 0.25) is 0 Å². The Bertz CT molecular complexity index is 1930. The fourth-order valence-corrected chi connectivity index (χ4v) is 6.17. The molecule has 5 aromatic rings. The summed E-state index contributed by atoms with van der Waals surface area (Å²) in [6.45, 7) is 7.03. The van der Waals surface area contributed by atoms with Crippen LogP contribution in [0.15, 0.2) is 78.9 Å². The van der Waals surface area contributed by atoms with Crippen molar-refractivity contribution < 1.29 is 33.2 Å². The van der Waals surface area contributed by atoms with Gasteiger partial charge in [-0.15, -0.1) is 0 Å². The van der Waals surface area contributed by atoms with Crippen LogP contribution in [0.3, 0.4) is 0 Å². The minimum Gasteiger partial charge on any atom is -0.497 e. The second-order valence-electron chi connectivity index (χ2n) is 12.4. The van der Waals surface area contributed by atoms with E-state index in [1.807, 2.05) is 74.5 Å². The highest BCUT2D eigenvalue weighted by Gasteiger charge is 2.24. The van der Waals surface area contributed by atoms with E-state index in [1.54, 1.807) is 28.4 Å². The van der Waals surface area contributed by atoms with Crippen LogP contribution in [0, 0.1) is 13.8 Å². The van der Waals surface area contributed by atoms with E-state index < -0.39 is 0 Å². The van der Waals surface area contributed by atoms with Gasteiger partial charge in [-0.1, -0.05) is 24.3 Å². The molecule has 1 aromatic heterocycles. The topological polar surface area (TPSA) is 116 Å². The average Bonchev–Trinajstić information content (AvgIpc) is 3.54. The monoisotopic (exact) mass is 707 g/mol. The Kier molecular flexibility index (Phi) is 13.4. The van der Waals surface area contributed by atoms with Crippen molar-refractivity contribution in [3.63, 3.8) is 0 Å². The summed E-state index contributed by atoms with van der Waals surface area (Å²) in [6.07, 6.45) is 1.04. The second-order valence-corrected chi connectivity index (χ2v) is 12.4. The molecule has 5 rings (SSSR count). The number of nitrogens with zero attached hydrogens (tertiary/aromatic N) is 2. The summed E-state index contributed by atoms with van der Waals surface area (Å²) in [7, 11) is 6.62. The van der Waals surface area contributed by atoms with Crippen molar-refractivity contribution in [2.75, 3.05) is 61.4 Å². The van der Waals surface area contributed by atoms with Gasteiger partial charge in [0.05, 0.1) is 59.6 Å². The molecule has 10 heteroatoms. The van der Waals surface area contributed by atoms with Crippen LogP contribution in [0.1, 0.15) is 39.9 Å². The predicted molar refractivity (Wildman–Crippen MR) is 204 cm³/mol. The lowest BCUT2D eigenvalue weighted by molar-refractivity contribution is 0.0489.